The van der Waals surface area contributed by atoms with Gasteiger partial charge in [-0.3, -0.25) is 19.2 Å². The third kappa shape index (κ3) is 5.87. The summed E-state index contributed by atoms with van der Waals surface area (Å²) in [5, 5.41) is 12.5. The summed E-state index contributed by atoms with van der Waals surface area (Å²) in [5.41, 5.74) is 0.0956. The lowest BCUT2D eigenvalue weighted by Gasteiger charge is -2.37. The molecule has 200 valence electrons. The van der Waals surface area contributed by atoms with E-state index >= 15 is 0 Å². The second-order valence-corrected chi connectivity index (χ2v) is 9.72. The van der Waals surface area contributed by atoms with Crippen molar-refractivity contribution in [3.05, 3.63) is 74.7 Å². The highest BCUT2D eigenvalue weighted by atomic mass is 35.5. The predicted molar refractivity (Wildman–Crippen MR) is 146 cm³/mol. The van der Waals surface area contributed by atoms with Crippen LogP contribution in [-0.4, -0.2) is 59.0 Å². The number of halogens is 1. The first-order chi connectivity index (χ1) is 18.2. The number of aryl methyl sites for hydroxylation is 2. The number of hydrogen-bond donors (Lipinski definition) is 4. The van der Waals surface area contributed by atoms with Crippen molar-refractivity contribution in [3.63, 3.8) is 0 Å². The molecule has 3 amide bonds. The second kappa shape index (κ2) is 11.7. The molecule has 0 aliphatic carbocycles. The number of piperidine rings is 1. The van der Waals surface area contributed by atoms with Crippen LogP contribution in [0.4, 0.5) is 0 Å². The molecule has 1 aliphatic heterocycles. The van der Waals surface area contributed by atoms with Crippen molar-refractivity contribution < 1.29 is 14.4 Å². The van der Waals surface area contributed by atoms with E-state index in [0.29, 0.717) is 54.1 Å². The van der Waals surface area contributed by atoms with Gasteiger partial charge >= 0.3 is 0 Å². The van der Waals surface area contributed by atoms with E-state index < -0.39 is 16.9 Å². The van der Waals surface area contributed by atoms with Crippen LogP contribution in [0, 0.1) is 6.92 Å². The zero-order chi connectivity index (χ0) is 27.3. The molecule has 0 saturated carbocycles. The second-order valence-electron chi connectivity index (χ2n) is 9.29. The Labute approximate surface area is 225 Å². The molecule has 0 radical (unpaired) electrons. The van der Waals surface area contributed by atoms with Gasteiger partial charge in [0.2, 0.25) is 11.3 Å². The molecule has 1 aliphatic rings. The van der Waals surface area contributed by atoms with Crippen molar-refractivity contribution in [1.29, 1.82) is 0 Å². The minimum atomic E-state index is -1.19. The van der Waals surface area contributed by atoms with Gasteiger partial charge in [-0.15, -0.1) is 0 Å². The van der Waals surface area contributed by atoms with E-state index in [9.17, 15) is 19.2 Å². The highest BCUT2D eigenvalue weighted by Crippen LogP contribution is 2.20. The smallest absolute Gasteiger partial charge is 0.257 e. The number of amides is 3. The minimum absolute atomic E-state index is 0.0362. The largest absolute Gasteiger partial charge is 0.352 e. The van der Waals surface area contributed by atoms with Crippen molar-refractivity contribution in [2.45, 2.75) is 38.8 Å². The van der Waals surface area contributed by atoms with Crippen molar-refractivity contribution in [2.75, 3.05) is 26.2 Å². The molecule has 2 aromatic heterocycles. The Bertz CT molecular complexity index is 1410. The van der Waals surface area contributed by atoms with E-state index in [0.717, 1.165) is 5.69 Å². The molecule has 0 bridgehead atoms. The summed E-state index contributed by atoms with van der Waals surface area (Å²) in [6.45, 7) is 5.70. The summed E-state index contributed by atoms with van der Waals surface area (Å²) in [4.78, 5) is 56.7. The Morgan fingerprint density at radius 2 is 1.71 bits per heavy atom. The topological polar surface area (TPSA) is 134 Å². The maximum Gasteiger partial charge on any atom is 0.257 e. The number of rotatable bonds is 8. The Balaban J connectivity index is 1.46. The number of hydrogen-bond acceptors (Lipinski definition) is 6. The van der Waals surface area contributed by atoms with Crippen LogP contribution in [0.3, 0.4) is 0 Å². The molecule has 38 heavy (non-hydrogen) atoms. The van der Waals surface area contributed by atoms with E-state index in [-0.39, 0.29) is 30.5 Å². The first-order valence-electron chi connectivity index (χ1n) is 12.6. The lowest BCUT2D eigenvalue weighted by atomic mass is 9.86. The Kier molecular flexibility index (Phi) is 8.43. The third-order valence-corrected chi connectivity index (χ3v) is 6.94. The molecule has 1 saturated heterocycles. The number of aromatic nitrogens is 2. The van der Waals surface area contributed by atoms with Crippen LogP contribution in [0.2, 0.25) is 5.02 Å². The van der Waals surface area contributed by atoms with E-state index in [1.165, 1.54) is 6.20 Å². The number of carbonyl (C=O) groups is 3. The van der Waals surface area contributed by atoms with E-state index in [1.54, 1.807) is 41.0 Å². The fourth-order valence-corrected chi connectivity index (χ4v) is 4.66. The molecule has 0 unspecified atom stereocenters. The molecule has 3 aromatic rings. The molecule has 3 heterocycles. The molecule has 0 atom stereocenters. The van der Waals surface area contributed by atoms with Crippen LogP contribution in [0.5, 0.6) is 0 Å². The van der Waals surface area contributed by atoms with Crippen LogP contribution in [-0.2, 0) is 11.3 Å². The van der Waals surface area contributed by atoms with E-state index in [4.69, 9.17) is 11.6 Å². The van der Waals surface area contributed by atoms with Crippen LogP contribution in [0.1, 0.15) is 46.2 Å². The molecule has 1 fully saturated rings. The quantitative estimate of drug-likeness (QED) is 0.323. The number of nitrogens with one attached hydrogen (secondary N) is 4. The van der Waals surface area contributed by atoms with Crippen molar-refractivity contribution in [1.82, 2.24) is 30.8 Å². The zero-order valence-electron chi connectivity index (χ0n) is 21.4. The summed E-state index contributed by atoms with van der Waals surface area (Å²) >= 11 is 5.86. The van der Waals surface area contributed by atoms with Gasteiger partial charge in [-0.05, 0) is 76.2 Å². The first-order valence-corrected chi connectivity index (χ1v) is 13.0. The molecule has 0 spiro atoms. The summed E-state index contributed by atoms with van der Waals surface area (Å²) in [5.74, 6) is -1.25. The molecule has 4 N–H and O–H groups in total. The van der Waals surface area contributed by atoms with Gasteiger partial charge in [0.05, 0.1) is 5.39 Å². The average Bonchev–Trinajstić information content (AvgIpc) is 2.91. The number of fused-ring (bicyclic) bond motifs is 1. The van der Waals surface area contributed by atoms with Gasteiger partial charge in [0, 0.05) is 42.1 Å². The van der Waals surface area contributed by atoms with Crippen molar-refractivity contribution in [3.8, 4) is 0 Å². The van der Waals surface area contributed by atoms with Crippen molar-refractivity contribution in [2.24, 2.45) is 0 Å². The highest BCUT2D eigenvalue weighted by molar-refractivity contribution is 6.30. The lowest BCUT2D eigenvalue weighted by molar-refractivity contribution is -0.128. The number of carbonyl (C=O) groups excluding carboxylic acids is 3. The maximum atomic E-state index is 13.4. The van der Waals surface area contributed by atoms with Gasteiger partial charge in [0.1, 0.15) is 16.7 Å². The lowest BCUT2D eigenvalue weighted by Crippen LogP contribution is -2.63. The highest BCUT2D eigenvalue weighted by Gasteiger charge is 2.41. The van der Waals surface area contributed by atoms with E-state index in [1.807, 2.05) is 13.8 Å². The van der Waals surface area contributed by atoms with Gasteiger partial charge in [-0.25, -0.2) is 4.98 Å². The standard InChI is InChI=1S/C27H31ClN6O4/c1-3-34-16-21(22(35)20-9-4-17(2)32-23(20)34)25(37)33-27(10-12-29-13-11-27)26(38)31-15-14-30-24(36)18-5-7-19(28)8-6-18/h4-9,16,29H,3,10-15H2,1-2H3,(H,30,36)(H,31,38)(H,33,37). The van der Waals surface area contributed by atoms with Gasteiger partial charge in [-0.2, -0.15) is 0 Å². The maximum absolute atomic E-state index is 13.4. The number of pyridine rings is 2. The molecular formula is C27H31ClN6O4. The monoisotopic (exact) mass is 538 g/mol. The Hall–Kier alpha value is -3.76. The molecular weight excluding hydrogens is 508 g/mol. The van der Waals surface area contributed by atoms with Gasteiger partial charge in [0.25, 0.3) is 11.8 Å². The van der Waals surface area contributed by atoms with Gasteiger partial charge < -0.3 is 25.8 Å². The molecule has 4 rings (SSSR count). The van der Waals surface area contributed by atoms with Crippen LogP contribution in [0.25, 0.3) is 11.0 Å². The van der Waals surface area contributed by atoms with Gasteiger partial charge in [0.15, 0.2) is 0 Å². The molecule has 11 heteroatoms. The number of nitrogens with zero attached hydrogens (tertiary/aromatic N) is 2. The van der Waals surface area contributed by atoms with Crippen LogP contribution < -0.4 is 26.7 Å². The number of benzene rings is 1. The van der Waals surface area contributed by atoms with Crippen molar-refractivity contribution >= 4 is 40.4 Å². The van der Waals surface area contributed by atoms with E-state index in [2.05, 4.69) is 26.3 Å². The fourth-order valence-electron chi connectivity index (χ4n) is 4.53. The summed E-state index contributed by atoms with van der Waals surface area (Å²) in [6, 6.07) is 9.90. The molecule has 1 aromatic carbocycles. The van der Waals surface area contributed by atoms with Crippen LogP contribution in [0.15, 0.2) is 47.4 Å². The fraction of sp³-hybridized carbons (Fsp3) is 0.370. The molecule has 10 nitrogen and oxygen atoms in total. The predicted octanol–water partition coefficient (Wildman–Crippen LogP) is 1.78. The zero-order valence-corrected chi connectivity index (χ0v) is 22.2. The minimum Gasteiger partial charge on any atom is -0.352 e. The normalized spacial score (nSPS) is 14.6. The van der Waals surface area contributed by atoms with Crippen LogP contribution >= 0.6 is 11.6 Å². The summed E-state index contributed by atoms with van der Waals surface area (Å²) in [7, 11) is 0. The Morgan fingerprint density at radius 3 is 2.39 bits per heavy atom. The SMILES string of the molecule is CCn1cc(C(=O)NC2(C(=O)NCCNC(=O)c3ccc(Cl)cc3)CCNCC2)c(=O)c2ccc(C)nc21. The average molecular weight is 539 g/mol. The first kappa shape index (κ1) is 27.3. The Morgan fingerprint density at radius 1 is 1.03 bits per heavy atom. The summed E-state index contributed by atoms with van der Waals surface area (Å²) in [6.07, 6.45) is 2.22. The van der Waals surface area contributed by atoms with Gasteiger partial charge in [-0.1, -0.05) is 11.6 Å². The third-order valence-electron chi connectivity index (χ3n) is 6.69. The summed E-state index contributed by atoms with van der Waals surface area (Å²) < 4.78 is 1.76.